The van der Waals surface area contributed by atoms with E-state index in [0.717, 1.165) is 50.8 Å². The van der Waals surface area contributed by atoms with Crippen LogP contribution in [0.5, 0.6) is 0 Å². The fraction of sp³-hybridized carbons (Fsp3) is 0.667. The van der Waals surface area contributed by atoms with Crippen LogP contribution >= 0.6 is 0 Å². The van der Waals surface area contributed by atoms with E-state index in [1.165, 1.54) is 32.4 Å². The Morgan fingerprint density at radius 1 is 1.09 bits per heavy atom. The Morgan fingerprint density at radius 2 is 1.84 bits per heavy atom. The first-order valence-electron chi connectivity index (χ1n) is 12.2. The first-order chi connectivity index (χ1) is 15.7. The number of carbonyl (C=O) groups excluding carboxylic acids is 1. The number of likely N-dealkylation sites (N-methyl/N-ethyl adjacent to an activating group) is 1. The second-order valence-corrected chi connectivity index (χ2v) is 8.73. The molecule has 8 nitrogen and oxygen atoms in total. The molecule has 2 aliphatic heterocycles. The standard InChI is InChI=1S/C24H41N7O/c1-30(22-19-27-24(28-20-22)29-21-9-4-2-5-10-21)23(32)11-14-25-12-8-13-26-15-18-31-16-6-3-7-17-31/h2,4-5,9-10,22,25-26H,3,6-8,11-20H2,1H3,(H2,27,28,29). The van der Waals surface area contributed by atoms with Crippen molar-refractivity contribution in [2.45, 2.75) is 38.1 Å². The zero-order valence-electron chi connectivity index (χ0n) is 19.6. The average molecular weight is 444 g/mol. The van der Waals surface area contributed by atoms with Gasteiger partial charge in [0.1, 0.15) is 0 Å². The van der Waals surface area contributed by atoms with E-state index in [1.807, 2.05) is 42.3 Å². The number of carbonyl (C=O) groups is 1. The molecular formula is C24H41N7O. The van der Waals surface area contributed by atoms with Crippen LogP contribution in [0.1, 0.15) is 32.1 Å². The maximum absolute atomic E-state index is 12.5. The highest BCUT2D eigenvalue weighted by atomic mass is 16.2. The van der Waals surface area contributed by atoms with Crippen molar-refractivity contribution in [3.8, 4) is 0 Å². The number of likely N-dealkylation sites (tertiary alicyclic amines) is 1. The van der Waals surface area contributed by atoms with Gasteiger partial charge in [-0.3, -0.25) is 9.79 Å². The molecule has 1 aromatic carbocycles. The van der Waals surface area contributed by atoms with Gasteiger partial charge in [-0.25, -0.2) is 0 Å². The Morgan fingerprint density at radius 3 is 2.56 bits per heavy atom. The summed E-state index contributed by atoms with van der Waals surface area (Å²) >= 11 is 0. The van der Waals surface area contributed by atoms with Gasteiger partial charge in [0.2, 0.25) is 5.91 Å². The first-order valence-corrected chi connectivity index (χ1v) is 12.2. The second-order valence-electron chi connectivity index (χ2n) is 8.73. The van der Waals surface area contributed by atoms with E-state index in [2.05, 4.69) is 31.2 Å². The van der Waals surface area contributed by atoms with E-state index >= 15 is 0 Å². The number of rotatable bonds is 12. The van der Waals surface area contributed by atoms with Crippen molar-refractivity contribution in [3.63, 3.8) is 0 Å². The third kappa shape index (κ3) is 8.76. The molecule has 32 heavy (non-hydrogen) atoms. The highest BCUT2D eigenvalue weighted by Crippen LogP contribution is 2.08. The SMILES string of the molecule is CN(C(=O)CCNCCCNCCN1CCCCC1)C1CN=C(Nc2ccccc2)NC1. The van der Waals surface area contributed by atoms with Gasteiger partial charge in [0.05, 0.1) is 12.6 Å². The van der Waals surface area contributed by atoms with Crippen LogP contribution in [-0.4, -0.2) is 93.7 Å². The van der Waals surface area contributed by atoms with Crippen molar-refractivity contribution in [2.24, 2.45) is 4.99 Å². The number of hydrogen-bond acceptors (Lipinski definition) is 7. The van der Waals surface area contributed by atoms with Gasteiger partial charge in [-0.2, -0.15) is 0 Å². The summed E-state index contributed by atoms with van der Waals surface area (Å²) in [6, 6.07) is 10.1. The molecule has 1 unspecified atom stereocenters. The molecule has 1 amide bonds. The first kappa shape index (κ1) is 24.5. The van der Waals surface area contributed by atoms with Crippen LogP contribution in [0.4, 0.5) is 5.69 Å². The molecule has 2 heterocycles. The van der Waals surface area contributed by atoms with Crippen molar-refractivity contribution >= 4 is 17.6 Å². The molecule has 1 aromatic rings. The molecule has 0 radical (unpaired) electrons. The second kappa shape index (κ2) is 14.1. The van der Waals surface area contributed by atoms with Gasteiger partial charge >= 0.3 is 0 Å². The number of benzene rings is 1. The monoisotopic (exact) mass is 443 g/mol. The number of nitrogens with one attached hydrogen (secondary N) is 4. The van der Waals surface area contributed by atoms with Gasteiger partial charge in [0, 0.05) is 45.3 Å². The molecule has 0 aromatic heterocycles. The molecule has 4 N–H and O–H groups in total. The minimum absolute atomic E-state index is 0.0907. The maximum Gasteiger partial charge on any atom is 0.223 e. The zero-order valence-corrected chi connectivity index (χ0v) is 19.6. The highest BCUT2D eigenvalue weighted by Gasteiger charge is 2.22. The number of piperidine rings is 1. The largest absolute Gasteiger partial charge is 0.354 e. The fourth-order valence-electron chi connectivity index (χ4n) is 4.12. The summed E-state index contributed by atoms with van der Waals surface area (Å²) in [4.78, 5) is 21.5. The summed E-state index contributed by atoms with van der Waals surface area (Å²) in [5.74, 6) is 0.929. The highest BCUT2D eigenvalue weighted by molar-refractivity contribution is 5.94. The zero-order chi connectivity index (χ0) is 22.4. The minimum Gasteiger partial charge on any atom is -0.354 e. The summed E-state index contributed by atoms with van der Waals surface area (Å²) in [6.45, 7) is 8.78. The summed E-state index contributed by atoms with van der Waals surface area (Å²) in [5, 5.41) is 13.5. The number of aliphatic imine (C=N–C) groups is 1. The molecule has 0 aliphatic carbocycles. The van der Waals surface area contributed by atoms with Crippen molar-refractivity contribution in [3.05, 3.63) is 30.3 Å². The molecule has 0 bridgehead atoms. The van der Waals surface area contributed by atoms with Gasteiger partial charge in [0.15, 0.2) is 5.96 Å². The van der Waals surface area contributed by atoms with Gasteiger partial charge < -0.3 is 31.1 Å². The Hall–Kier alpha value is -2.16. The quantitative estimate of drug-likeness (QED) is 0.365. The van der Waals surface area contributed by atoms with Gasteiger partial charge in [-0.05, 0) is 57.6 Å². The lowest BCUT2D eigenvalue weighted by Crippen LogP contribution is -2.51. The molecule has 0 spiro atoms. The van der Waals surface area contributed by atoms with E-state index in [9.17, 15) is 4.79 Å². The molecule has 2 aliphatic rings. The van der Waals surface area contributed by atoms with Gasteiger partial charge in [0.25, 0.3) is 0 Å². The molecule has 1 saturated heterocycles. The minimum atomic E-state index is 0.0907. The predicted molar refractivity (Wildman–Crippen MR) is 132 cm³/mol. The van der Waals surface area contributed by atoms with E-state index in [1.54, 1.807) is 0 Å². The molecule has 178 valence electrons. The summed E-state index contributed by atoms with van der Waals surface area (Å²) < 4.78 is 0. The number of nitrogens with zero attached hydrogens (tertiary/aromatic N) is 3. The third-order valence-electron chi connectivity index (χ3n) is 6.22. The Labute approximate surface area is 193 Å². The molecular weight excluding hydrogens is 402 g/mol. The van der Waals surface area contributed by atoms with E-state index in [4.69, 9.17) is 0 Å². The molecule has 3 rings (SSSR count). The summed E-state index contributed by atoms with van der Waals surface area (Å²) in [6.07, 6.45) is 5.72. The van der Waals surface area contributed by atoms with Crippen LogP contribution in [0, 0.1) is 0 Å². The number of anilines is 1. The number of hydrogen-bond donors (Lipinski definition) is 4. The molecule has 1 atom stereocenters. The van der Waals surface area contributed by atoms with Crippen LogP contribution < -0.4 is 21.3 Å². The topological polar surface area (TPSA) is 84.0 Å². The Balaban J connectivity index is 1.19. The third-order valence-corrected chi connectivity index (χ3v) is 6.22. The summed E-state index contributed by atoms with van der Waals surface area (Å²) in [5.41, 5.74) is 1.00. The van der Waals surface area contributed by atoms with Crippen molar-refractivity contribution in [2.75, 3.05) is 71.3 Å². The van der Waals surface area contributed by atoms with Crippen LogP contribution in [0.2, 0.25) is 0 Å². The van der Waals surface area contributed by atoms with Crippen LogP contribution in [-0.2, 0) is 4.79 Å². The fourth-order valence-corrected chi connectivity index (χ4v) is 4.12. The molecule has 0 saturated carbocycles. The smallest absolute Gasteiger partial charge is 0.223 e. The van der Waals surface area contributed by atoms with Crippen molar-refractivity contribution in [1.29, 1.82) is 0 Å². The summed E-state index contributed by atoms with van der Waals surface area (Å²) in [7, 11) is 1.88. The average Bonchev–Trinajstić information content (AvgIpc) is 2.84. The number of amides is 1. The molecule has 8 heteroatoms. The van der Waals surface area contributed by atoms with Crippen molar-refractivity contribution < 1.29 is 4.79 Å². The maximum atomic E-state index is 12.5. The van der Waals surface area contributed by atoms with Gasteiger partial charge in [-0.15, -0.1) is 0 Å². The van der Waals surface area contributed by atoms with Gasteiger partial charge in [-0.1, -0.05) is 24.6 Å². The normalized spacial score (nSPS) is 19.2. The lowest BCUT2D eigenvalue weighted by atomic mass is 10.1. The Bertz CT molecular complexity index is 691. The van der Waals surface area contributed by atoms with Crippen LogP contribution in [0.15, 0.2) is 35.3 Å². The van der Waals surface area contributed by atoms with Crippen LogP contribution in [0.3, 0.4) is 0 Å². The van der Waals surface area contributed by atoms with E-state index < -0.39 is 0 Å². The number of para-hydroxylation sites is 1. The van der Waals surface area contributed by atoms with E-state index in [-0.39, 0.29) is 11.9 Å². The molecule has 1 fully saturated rings. The van der Waals surface area contributed by atoms with Crippen molar-refractivity contribution in [1.82, 2.24) is 25.8 Å². The number of guanidine groups is 1. The lowest BCUT2D eigenvalue weighted by Gasteiger charge is -2.31. The van der Waals surface area contributed by atoms with Crippen LogP contribution in [0.25, 0.3) is 0 Å². The Kier molecular flexibility index (Phi) is 10.8. The lowest BCUT2D eigenvalue weighted by molar-refractivity contribution is -0.131. The predicted octanol–water partition coefficient (Wildman–Crippen LogP) is 1.33. The van der Waals surface area contributed by atoms with E-state index in [0.29, 0.717) is 19.5 Å².